The number of likely N-dealkylation sites (N-methyl/N-ethyl adjacent to an activating group) is 1. The molecule has 5 heteroatoms. The van der Waals surface area contributed by atoms with E-state index in [9.17, 15) is 8.42 Å². The molecule has 0 aromatic rings. The summed E-state index contributed by atoms with van der Waals surface area (Å²) in [5.41, 5.74) is -0.279. The van der Waals surface area contributed by atoms with Crippen LogP contribution < -0.4 is 5.32 Å². The van der Waals surface area contributed by atoms with Gasteiger partial charge in [0.25, 0.3) is 0 Å². The van der Waals surface area contributed by atoms with Crippen molar-refractivity contribution < 1.29 is 13.2 Å². The number of ether oxygens (including phenoxy) is 1. The molecular weight excluding hydrogens is 250 g/mol. The maximum absolute atomic E-state index is 11.7. The first kappa shape index (κ1) is 15.9. The minimum absolute atomic E-state index is 0.181. The van der Waals surface area contributed by atoms with Gasteiger partial charge in [-0.15, -0.1) is 0 Å². The molecule has 0 amide bonds. The molecule has 1 N–H and O–H groups in total. The van der Waals surface area contributed by atoms with Gasteiger partial charge in [0.1, 0.15) is 9.84 Å². The average molecular weight is 277 g/mol. The summed E-state index contributed by atoms with van der Waals surface area (Å²) in [6.07, 6.45) is 4.97. The normalized spacial score (nSPS) is 28.1. The van der Waals surface area contributed by atoms with E-state index in [0.717, 1.165) is 25.7 Å². The highest BCUT2D eigenvalue weighted by atomic mass is 32.2. The molecular formula is C13H27NO3S. The van der Waals surface area contributed by atoms with E-state index >= 15 is 0 Å². The van der Waals surface area contributed by atoms with Crippen LogP contribution in [0.1, 0.15) is 39.5 Å². The van der Waals surface area contributed by atoms with E-state index in [1.807, 2.05) is 7.05 Å². The standard InChI is InChI=1S/C13H27NO3S/c1-13(2,17-4)12(14-3)10-7-6-8-11(9-10)18(5,15)16/h10-12,14H,6-9H2,1-5H3. The van der Waals surface area contributed by atoms with Crippen LogP contribution in [-0.4, -0.2) is 45.7 Å². The molecule has 0 bridgehead atoms. The molecule has 0 aliphatic heterocycles. The average Bonchev–Trinajstić information content (AvgIpc) is 2.29. The minimum atomic E-state index is -2.92. The van der Waals surface area contributed by atoms with E-state index in [1.54, 1.807) is 7.11 Å². The highest BCUT2D eigenvalue weighted by Crippen LogP contribution is 2.34. The lowest BCUT2D eigenvalue weighted by Gasteiger charge is -2.41. The fourth-order valence-electron chi connectivity index (χ4n) is 3.15. The van der Waals surface area contributed by atoms with Crippen molar-refractivity contribution in [3.8, 4) is 0 Å². The van der Waals surface area contributed by atoms with E-state index in [0.29, 0.717) is 5.92 Å². The summed E-state index contributed by atoms with van der Waals surface area (Å²) in [4.78, 5) is 0. The Morgan fingerprint density at radius 3 is 2.39 bits per heavy atom. The van der Waals surface area contributed by atoms with E-state index in [1.165, 1.54) is 6.26 Å². The van der Waals surface area contributed by atoms with Gasteiger partial charge in [-0.25, -0.2) is 8.42 Å². The number of hydrogen-bond acceptors (Lipinski definition) is 4. The van der Waals surface area contributed by atoms with Gasteiger partial charge >= 0.3 is 0 Å². The third-order valence-electron chi connectivity index (χ3n) is 4.33. The van der Waals surface area contributed by atoms with Crippen LogP contribution in [0.5, 0.6) is 0 Å². The largest absolute Gasteiger partial charge is 0.377 e. The molecule has 0 spiro atoms. The smallest absolute Gasteiger partial charge is 0.150 e. The van der Waals surface area contributed by atoms with Gasteiger partial charge in [-0.2, -0.15) is 0 Å². The third-order valence-corrected chi connectivity index (χ3v) is 5.97. The molecule has 1 saturated carbocycles. The number of methoxy groups -OCH3 is 1. The lowest BCUT2D eigenvalue weighted by molar-refractivity contribution is -0.0304. The zero-order chi connectivity index (χ0) is 14.0. The molecule has 18 heavy (non-hydrogen) atoms. The summed E-state index contributed by atoms with van der Waals surface area (Å²) in [5.74, 6) is 0.360. The van der Waals surface area contributed by atoms with Crippen LogP contribution in [-0.2, 0) is 14.6 Å². The lowest BCUT2D eigenvalue weighted by atomic mass is 9.77. The molecule has 3 atom stereocenters. The minimum Gasteiger partial charge on any atom is -0.377 e. The van der Waals surface area contributed by atoms with Gasteiger partial charge in [0, 0.05) is 19.4 Å². The van der Waals surface area contributed by atoms with Gasteiger partial charge < -0.3 is 10.1 Å². The third kappa shape index (κ3) is 3.68. The Morgan fingerprint density at radius 1 is 1.33 bits per heavy atom. The first-order chi connectivity index (χ1) is 8.22. The molecule has 0 aromatic carbocycles. The Bertz CT molecular complexity index is 364. The number of sulfone groups is 1. The molecule has 0 radical (unpaired) electrons. The van der Waals surface area contributed by atoms with Gasteiger partial charge in [0.2, 0.25) is 0 Å². The van der Waals surface area contributed by atoms with Gasteiger partial charge in [-0.3, -0.25) is 0 Å². The number of nitrogens with one attached hydrogen (secondary N) is 1. The molecule has 1 aliphatic carbocycles. The molecule has 0 saturated heterocycles. The fourth-order valence-corrected chi connectivity index (χ4v) is 4.34. The number of rotatable bonds is 5. The molecule has 3 unspecified atom stereocenters. The molecule has 1 rings (SSSR count). The van der Waals surface area contributed by atoms with Crippen LogP contribution in [0, 0.1) is 5.92 Å². The Hall–Kier alpha value is -0.130. The van der Waals surface area contributed by atoms with Crippen LogP contribution in [0.15, 0.2) is 0 Å². The fraction of sp³-hybridized carbons (Fsp3) is 1.00. The van der Waals surface area contributed by atoms with Crippen molar-refractivity contribution >= 4 is 9.84 Å². The Balaban J connectivity index is 2.82. The van der Waals surface area contributed by atoms with E-state index in [2.05, 4.69) is 19.2 Å². The first-order valence-corrected chi connectivity index (χ1v) is 8.59. The van der Waals surface area contributed by atoms with Crippen molar-refractivity contribution in [2.75, 3.05) is 20.4 Å². The van der Waals surface area contributed by atoms with Gasteiger partial charge in [0.15, 0.2) is 0 Å². The topological polar surface area (TPSA) is 55.4 Å². The summed E-state index contributed by atoms with van der Waals surface area (Å²) < 4.78 is 29.0. The molecule has 4 nitrogen and oxygen atoms in total. The van der Waals surface area contributed by atoms with E-state index in [4.69, 9.17) is 4.74 Å². The van der Waals surface area contributed by atoms with Crippen molar-refractivity contribution in [3.63, 3.8) is 0 Å². The monoisotopic (exact) mass is 277 g/mol. The quantitative estimate of drug-likeness (QED) is 0.829. The maximum Gasteiger partial charge on any atom is 0.150 e. The molecule has 1 fully saturated rings. The molecule has 108 valence electrons. The van der Waals surface area contributed by atoms with Crippen molar-refractivity contribution in [1.29, 1.82) is 0 Å². The van der Waals surface area contributed by atoms with Gasteiger partial charge in [0.05, 0.1) is 10.9 Å². The zero-order valence-electron chi connectivity index (χ0n) is 12.2. The Morgan fingerprint density at radius 2 is 1.94 bits per heavy atom. The molecule has 0 heterocycles. The zero-order valence-corrected chi connectivity index (χ0v) is 13.0. The second-order valence-corrected chi connectivity index (χ2v) is 8.28. The second kappa shape index (κ2) is 5.88. The molecule has 1 aliphatic rings. The van der Waals surface area contributed by atoms with Crippen molar-refractivity contribution in [3.05, 3.63) is 0 Å². The molecule has 0 aromatic heterocycles. The van der Waals surface area contributed by atoms with Gasteiger partial charge in [-0.1, -0.05) is 6.42 Å². The predicted octanol–water partition coefficient (Wildman–Crippen LogP) is 1.60. The van der Waals surface area contributed by atoms with Crippen LogP contribution in [0.4, 0.5) is 0 Å². The maximum atomic E-state index is 11.7. The van der Waals surface area contributed by atoms with Crippen molar-refractivity contribution in [1.82, 2.24) is 5.32 Å². The predicted molar refractivity (Wildman–Crippen MR) is 74.5 cm³/mol. The SMILES string of the molecule is CNC(C1CCCC(S(C)(=O)=O)C1)C(C)(C)OC. The van der Waals surface area contributed by atoms with Crippen LogP contribution >= 0.6 is 0 Å². The highest BCUT2D eigenvalue weighted by Gasteiger charge is 2.39. The van der Waals surface area contributed by atoms with Crippen LogP contribution in [0.25, 0.3) is 0 Å². The first-order valence-electron chi connectivity index (χ1n) is 6.63. The summed E-state index contributed by atoms with van der Waals surface area (Å²) in [6, 6.07) is 0.187. The summed E-state index contributed by atoms with van der Waals surface area (Å²) in [7, 11) is 0.714. The second-order valence-electron chi connectivity index (χ2n) is 5.95. The van der Waals surface area contributed by atoms with Gasteiger partial charge in [-0.05, 0) is 46.1 Å². The summed E-state index contributed by atoms with van der Waals surface area (Å²) in [5, 5.41) is 3.13. The highest BCUT2D eigenvalue weighted by molar-refractivity contribution is 7.91. The number of hydrogen-bond donors (Lipinski definition) is 1. The van der Waals surface area contributed by atoms with Crippen molar-refractivity contribution in [2.24, 2.45) is 5.92 Å². The van der Waals surface area contributed by atoms with Crippen LogP contribution in [0.2, 0.25) is 0 Å². The Labute approximate surface area is 111 Å². The van der Waals surface area contributed by atoms with Crippen LogP contribution in [0.3, 0.4) is 0 Å². The van der Waals surface area contributed by atoms with Crippen molar-refractivity contribution in [2.45, 2.75) is 56.4 Å². The lowest BCUT2D eigenvalue weighted by Crippen LogP contribution is -2.53. The summed E-state index contributed by atoms with van der Waals surface area (Å²) >= 11 is 0. The van der Waals surface area contributed by atoms with E-state index < -0.39 is 9.84 Å². The summed E-state index contributed by atoms with van der Waals surface area (Å²) in [6.45, 7) is 4.11. The Kier molecular flexibility index (Phi) is 5.21. The van der Waals surface area contributed by atoms with E-state index in [-0.39, 0.29) is 16.9 Å².